The zero-order valence-corrected chi connectivity index (χ0v) is 10.1. The fourth-order valence-corrected chi connectivity index (χ4v) is 2.33. The lowest BCUT2D eigenvalue weighted by molar-refractivity contribution is -0.388. The van der Waals surface area contributed by atoms with Gasteiger partial charge in [0, 0.05) is 11.0 Å². The first-order valence-electron chi connectivity index (χ1n) is 4.70. The van der Waals surface area contributed by atoms with Crippen LogP contribution in [0.1, 0.15) is 0 Å². The monoisotopic (exact) mass is 266 g/mol. The van der Waals surface area contributed by atoms with Gasteiger partial charge in [0.1, 0.15) is 5.15 Å². The zero-order chi connectivity index (χ0) is 12.3. The van der Waals surface area contributed by atoms with E-state index in [1.807, 2.05) is 30.3 Å². The van der Waals surface area contributed by atoms with Gasteiger partial charge in [-0.05, 0) is 18.2 Å². The van der Waals surface area contributed by atoms with Crippen molar-refractivity contribution in [1.82, 2.24) is 4.98 Å². The van der Waals surface area contributed by atoms with Crippen LogP contribution < -0.4 is 0 Å². The summed E-state index contributed by atoms with van der Waals surface area (Å²) in [5.41, 5.74) is -0.0387. The van der Waals surface area contributed by atoms with Crippen LogP contribution in [0.2, 0.25) is 5.15 Å². The summed E-state index contributed by atoms with van der Waals surface area (Å²) in [4.78, 5) is 15.2. The molecule has 0 fully saturated rings. The van der Waals surface area contributed by atoms with Gasteiger partial charge in [0.25, 0.3) is 0 Å². The highest BCUT2D eigenvalue weighted by Gasteiger charge is 2.16. The molecule has 1 heterocycles. The summed E-state index contributed by atoms with van der Waals surface area (Å²) in [5, 5.41) is 11.4. The maximum Gasteiger partial charge on any atom is 0.301 e. The van der Waals surface area contributed by atoms with Crippen molar-refractivity contribution in [2.75, 3.05) is 0 Å². The predicted molar refractivity (Wildman–Crippen MR) is 66.5 cm³/mol. The number of nitro groups is 1. The second kappa shape index (κ2) is 5.16. The van der Waals surface area contributed by atoms with Crippen molar-refractivity contribution in [3.05, 3.63) is 57.7 Å². The molecule has 0 aliphatic heterocycles. The van der Waals surface area contributed by atoms with Gasteiger partial charge in [-0.2, -0.15) is 0 Å². The van der Waals surface area contributed by atoms with E-state index in [-0.39, 0.29) is 10.8 Å². The van der Waals surface area contributed by atoms with Gasteiger partial charge >= 0.3 is 5.69 Å². The molecule has 1 aromatic carbocycles. The molecule has 1 aromatic heterocycles. The van der Waals surface area contributed by atoms with Gasteiger partial charge in [0.2, 0.25) is 0 Å². The van der Waals surface area contributed by atoms with Gasteiger partial charge in [-0.15, -0.1) is 0 Å². The van der Waals surface area contributed by atoms with E-state index in [4.69, 9.17) is 11.6 Å². The second-order valence-electron chi connectivity index (χ2n) is 3.13. The fraction of sp³-hybridized carbons (Fsp3) is 0. The number of benzene rings is 1. The Morgan fingerprint density at radius 1 is 1.18 bits per heavy atom. The molecule has 0 aliphatic carbocycles. The summed E-state index contributed by atoms with van der Waals surface area (Å²) in [7, 11) is 0. The molecule has 17 heavy (non-hydrogen) atoms. The Kier molecular flexibility index (Phi) is 3.61. The van der Waals surface area contributed by atoms with Crippen LogP contribution in [0.3, 0.4) is 0 Å². The normalized spacial score (nSPS) is 10.2. The van der Waals surface area contributed by atoms with E-state index in [2.05, 4.69) is 4.98 Å². The summed E-state index contributed by atoms with van der Waals surface area (Å²) in [6, 6.07) is 12.1. The van der Waals surface area contributed by atoms with E-state index in [0.29, 0.717) is 5.03 Å². The highest BCUT2D eigenvalue weighted by Crippen LogP contribution is 2.33. The second-order valence-corrected chi connectivity index (χ2v) is 4.58. The van der Waals surface area contributed by atoms with Crippen molar-refractivity contribution in [3.8, 4) is 0 Å². The Morgan fingerprint density at radius 3 is 2.53 bits per heavy atom. The van der Waals surface area contributed by atoms with Gasteiger partial charge in [-0.3, -0.25) is 10.1 Å². The molecule has 0 saturated carbocycles. The lowest BCUT2D eigenvalue weighted by Gasteiger charge is -2.02. The van der Waals surface area contributed by atoms with Gasteiger partial charge in [-0.25, -0.2) is 4.98 Å². The van der Waals surface area contributed by atoms with E-state index < -0.39 is 4.92 Å². The zero-order valence-electron chi connectivity index (χ0n) is 8.54. The van der Waals surface area contributed by atoms with E-state index in [1.165, 1.54) is 23.9 Å². The molecule has 4 nitrogen and oxygen atoms in total. The maximum absolute atomic E-state index is 10.8. The van der Waals surface area contributed by atoms with E-state index in [0.717, 1.165) is 4.90 Å². The first kappa shape index (κ1) is 11.9. The smallest absolute Gasteiger partial charge is 0.258 e. The quantitative estimate of drug-likeness (QED) is 0.482. The fourth-order valence-electron chi connectivity index (χ4n) is 1.22. The van der Waals surface area contributed by atoms with Crippen LogP contribution in [0.15, 0.2) is 52.4 Å². The predicted octanol–water partition coefficient (Wildman–Crippen LogP) is 3.79. The molecule has 86 valence electrons. The molecule has 0 saturated heterocycles. The maximum atomic E-state index is 10.8. The Morgan fingerprint density at radius 2 is 1.88 bits per heavy atom. The van der Waals surface area contributed by atoms with Crippen molar-refractivity contribution in [2.45, 2.75) is 9.92 Å². The number of rotatable bonds is 3. The third-order valence-corrected chi connectivity index (χ3v) is 3.17. The minimum Gasteiger partial charge on any atom is -0.258 e. The van der Waals surface area contributed by atoms with Crippen LogP contribution in [-0.4, -0.2) is 9.91 Å². The SMILES string of the molecule is O=[N+]([O-])c1ccc(Cl)nc1Sc1ccccc1. The number of hydrogen-bond donors (Lipinski definition) is 0. The van der Waals surface area contributed by atoms with Crippen molar-refractivity contribution in [2.24, 2.45) is 0 Å². The first-order chi connectivity index (χ1) is 8.16. The highest BCUT2D eigenvalue weighted by atomic mass is 35.5. The largest absolute Gasteiger partial charge is 0.301 e. The Hall–Kier alpha value is -1.59. The van der Waals surface area contributed by atoms with Crippen LogP contribution in [0, 0.1) is 10.1 Å². The molecule has 0 aliphatic rings. The number of pyridine rings is 1. The van der Waals surface area contributed by atoms with E-state index >= 15 is 0 Å². The molecular weight excluding hydrogens is 260 g/mol. The first-order valence-corrected chi connectivity index (χ1v) is 5.90. The molecule has 0 spiro atoms. The molecule has 2 aromatic rings. The van der Waals surface area contributed by atoms with E-state index in [9.17, 15) is 10.1 Å². The van der Waals surface area contributed by atoms with Crippen LogP contribution in [-0.2, 0) is 0 Å². The highest BCUT2D eigenvalue weighted by molar-refractivity contribution is 7.99. The molecule has 6 heteroatoms. The molecule has 0 amide bonds. The number of aromatic nitrogens is 1. The summed E-state index contributed by atoms with van der Waals surface area (Å²) in [5.74, 6) is 0. The number of hydrogen-bond acceptors (Lipinski definition) is 4. The minimum atomic E-state index is -0.464. The molecular formula is C11H7ClN2O2S. The summed E-state index contributed by atoms with van der Waals surface area (Å²) in [6.07, 6.45) is 0. The van der Waals surface area contributed by atoms with Crippen molar-refractivity contribution < 1.29 is 4.92 Å². The lowest BCUT2D eigenvalue weighted by atomic mass is 10.4. The van der Waals surface area contributed by atoms with Crippen LogP contribution in [0.4, 0.5) is 5.69 Å². The van der Waals surface area contributed by atoms with Gasteiger partial charge in [0.05, 0.1) is 4.92 Å². The Labute approximate surface area is 107 Å². The number of halogens is 1. The van der Waals surface area contributed by atoms with Crippen LogP contribution >= 0.6 is 23.4 Å². The van der Waals surface area contributed by atoms with Gasteiger partial charge < -0.3 is 0 Å². The Bertz CT molecular complexity index is 548. The van der Waals surface area contributed by atoms with Gasteiger partial charge in [0.15, 0.2) is 5.03 Å². The summed E-state index contributed by atoms with van der Waals surface area (Å²) < 4.78 is 0. The third kappa shape index (κ3) is 2.95. The third-order valence-electron chi connectivity index (χ3n) is 1.96. The average molecular weight is 267 g/mol. The lowest BCUT2D eigenvalue weighted by Crippen LogP contribution is -1.93. The van der Waals surface area contributed by atoms with Gasteiger partial charge in [-0.1, -0.05) is 41.6 Å². The minimum absolute atomic E-state index is 0.0387. The molecule has 0 radical (unpaired) electrons. The summed E-state index contributed by atoms with van der Waals surface area (Å²) >= 11 is 6.96. The standard InChI is InChI=1S/C11H7ClN2O2S/c12-10-7-6-9(14(15)16)11(13-10)17-8-4-2-1-3-5-8/h1-7H. The molecule has 0 bridgehead atoms. The van der Waals surface area contributed by atoms with Crippen molar-refractivity contribution >= 4 is 29.1 Å². The Balaban J connectivity index is 2.37. The number of nitrogens with zero attached hydrogens (tertiary/aromatic N) is 2. The topological polar surface area (TPSA) is 56.0 Å². The van der Waals surface area contributed by atoms with Crippen molar-refractivity contribution in [1.29, 1.82) is 0 Å². The van der Waals surface area contributed by atoms with Crippen molar-refractivity contribution in [3.63, 3.8) is 0 Å². The van der Waals surface area contributed by atoms with Crippen LogP contribution in [0.25, 0.3) is 0 Å². The average Bonchev–Trinajstić information content (AvgIpc) is 2.30. The molecule has 0 N–H and O–H groups in total. The van der Waals surface area contributed by atoms with E-state index in [1.54, 1.807) is 0 Å². The molecule has 2 rings (SSSR count). The molecule has 0 atom stereocenters. The summed E-state index contributed by atoms with van der Waals surface area (Å²) in [6.45, 7) is 0. The molecule has 0 unspecified atom stereocenters. The van der Waals surface area contributed by atoms with Crippen LogP contribution in [0.5, 0.6) is 0 Å².